The first-order valence-corrected chi connectivity index (χ1v) is 9.01. The average Bonchev–Trinajstić information content (AvgIpc) is 3.10. The maximum absolute atomic E-state index is 13.0. The van der Waals surface area contributed by atoms with Crippen LogP contribution in [-0.4, -0.2) is 27.4 Å². The van der Waals surface area contributed by atoms with E-state index in [2.05, 4.69) is 39.2 Å². The Kier molecular flexibility index (Phi) is 4.13. The number of nitrogens with zero attached hydrogens (tertiary/aromatic N) is 4. The Bertz CT molecular complexity index is 950. The molecule has 2 heterocycles. The van der Waals surface area contributed by atoms with Gasteiger partial charge in [0.1, 0.15) is 0 Å². The molecule has 1 aliphatic rings. The molecule has 1 amide bonds. The summed E-state index contributed by atoms with van der Waals surface area (Å²) in [6, 6.07) is 13.9. The molecule has 1 aromatic heterocycles. The Hall–Kier alpha value is -2.47. The van der Waals surface area contributed by atoms with E-state index >= 15 is 0 Å². The van der Waals surface area contributed by atoms with Crippen molar-refractivity contribution in [3.8, 4) is 5.69 Å². The van der Waals surface area contributed by atoms with Gasteiger partial charge in [0.05, 0.1) is 11.9 Å². The summed E-state index contributed by atoms with van der Waals surface area (Å²) in [5, 5.41) is 8.22. The van der Waals surface area contributed by atoms with Crippen LogP contribution in [-0.2, 0) is 6.42 Å². The van der Waals surface area contributed by atoms with Crippen molar-refractivity contribution in [2.45, 2.75) is 19.8 Å². The van der Waals surface area contributed by atoms with Crippen LogP contribution in [0.15, 0.2) is 53.1 Å². The van der Waals surface area contributed by atoms with Gasteiger partial charge < -0.3 is 4.90 Å². The highest BCUT2D eigenvalue weighted by molar-refractivity contribution is 9.10. The third kappa shape index (κ3) is 2.98. The first-order chi connectivity index (χ1) is 12.1. The molecule has 3 aromatic rings. The number of carbonyl (C=O) groups excluding carboxylic acids is 1. The van der Waals surface area contributed by atoms with E-state index in [9.17, 15) is 4.79 Å². The number of amides is 1. The van der Waals surface area contributed by atoms with Crippen molar-refractivity contribution in [2.75, 3.05) is 11.4 Å². The van der Waals surface area contributed by atoms with Gasteiger partial charge in [-0.25, -0.2) is 4.68 Å². The van der Waals surface area contributed by atoms with Gasteiger partial charge in [0.15, 0.2) is 5.69 Å². The fourth-order valence-corrected chi connectivity index (χ4v) is 3.66. The largest absolute Gasteiger partial charge is 0.307 e. The molecular weight excluding hydrogens is 380 g/mol. The molecule has 0 unspecified atom stereocenters. The zero-order valence-electron chi connectivity index (χ0n) is 13.8. The minimum absolute atomic E-state index is 0.108. The number of para-hydroxylation sites is 1. The Morgan fingerprint density at radius 2 is 2.00 bits per heavy atom. The number of halogens is 1. The van der Waals surface area contributed by atoms with Crippen LogP contribution in [0.4, 0.5) is 5.69 Å². The number of benzene rings is 2. The van der Waals surface area contributed by atoms with Crippen molar-refractivity contribution < 1.29 is 4.79 Å². The highest BCUT2D eigenvalue weighted by Gasteiger charge is 2.25. The molecule has 0 radical (unpaired) electrons. The summed E-state index contributed by atoms with van der Waals surface area (Å²) >= 11 is 3.50. The van der Waals surface area contributed by atoms with Crippen molar-refractivity contribution in [2.24, 2.45) is 0 Å². The standard InChI is InChI=1S/C19H17BrN4O/c1-13-8-9-17-14(11-13)5-4-10-23(17)19(25)16-12-24(22-21-16)18-7-3-2-6-15(18)20/h2-3,6-9,11-12H,4-5,10H2,1H3. The summed E-state index contributed by atoms with van der Waals surface area (Å²) in [6.45, 7) is 2.78. The van der Waals surface area contributed by atoms with Crippen molar-refractivity contribution >= 4 is 27.5 Å². The molecule has 2 aromatic carbocycles. The van der Waals surface area contributed by atoms with Gasteiger partial charge >= 0.3 is 0 Å². The van der Waals surface area contributed by atoms with Crippen molar-refractivity contribution in [3.63, 3.8) is 0 Å². The second-order valence-corrected chi connectivity index (χ2v) is 7.05. The smallest absolute Gasteiger partial charge is 0.280 e. The predicted molar refractivity (Wildman–Crippen MR) is 100 cm³/mol. The van der Waals surface area contributed by atoms with E-state index in [0.717, 1.165) is 28.7 Å². The maximum atomic E-state index is 13.0. The van der Waals surface area contributed by atoms with Gasteiger partial charge in [0.2, 0.25) is 0 Å². The van der Waals surface area contributed by atoms with Crippen LogP contribution in [0.1, 0.15) is 28.0 Å². The van der Waals surface area contributed by atoms with E-state index in [1.165, 1.54) is 11.1 Å². The van der Waals surface area contributed by atoms with Crippen LogP contribution in [0.2, 0.25) is 0 Å². The van der Waals surface area contributed by atoms with Crippen molar-refractivity contribution in [1.82, 2.24) is 15.0 Å². The van der Waals surface area contributed by atoms with Crippen LogP contribution >= 0.6 is 15.9 Å². The minimum atomic E-state index is -0.108. The molecule has 0 saturated carbocycles. The molecule has 6 heteroatoms. The molecule has 0 atom stereocenters. The molecule has 0 spiro atoms. The van der Waals surface area contributed by atoms with Crippen LogP contribution < -0.4 is 4.90 Å². The first-order valence-electron chi connectivity index (χ1n) is 8.22. The molecule has 5 nitrogen and oxygen atoms in total. The van der Waals surface area contributed by atoms with Crippen molar-refractivity contribution in [1.29, 1.82) is 0 Å². The molecule has 4 rings (SSSR count). The number of aromatic nitrogens is 3. The predicted octanol–water partition coefficient (Wildman–Crippen LogP) is 3.93. The van der Waals surface area contributed by atoms with E-state index in [1.807, 2.05) is 41.3 Å². The lowest BCUT2D eigenvalue weighted by Gasteiger charge is -2.29. The SMILES string of the molecule is Cc1ccc2c(c1)CCCN2C(=O)c1cn(-c2ccccc2Br)nn1. The van der Waals surface area contributed by atoms with Crippen LogP contribution in [0.25, 0.3) is 5.69 Å². The quantitative estimate of drug-likeness (QED) is 0.659. The molecule has 1 aliphatic heterocycles. The second-order valence-electron chi connectivity index (χ2n) is 6.19. The fourth-order valence-electron chi connectivity index (χ4n) is 3.19. The normalized spacial score (nSPS) is 13.6. The third-order valence-corrected chi connectivity index (χ3v) is 5.08. The average molecular weight is 397 g/mol. The molecule has 25 heavy (non-hydrogen) atoms. The van der Waals surface area contributed by atoms with E-state index in [-0.39, 0.29) is 5.91 Å². The highest BCUT2D eigenvalue weighted by atomic mass is 79.9. The zero-order valence-corrected chi connectivity index (χ0v) is 15.4. The Morgan fingerprint density at radius 1 is 1.16 bits per heavy atom. The highest BCUT2D eigenvalue weighted by Crippen LogP contribution is 2.29. The lowest BCUT2D eigenvalue weighted by molar-refractivity contribution is 0.0980. The van der Waals surface area contributed by atoms with E-state index in [4.69, 9.17) is 0 Å². The van der Waals surface area contributed by atoms with E-state index in [1.54, 1.807) is 10.9 Å². The summed E-state index contributed by atoms with van der Waals surface area (Å²) in [6.07, 6.45) is 3.65. The number of anilines is 1. The summed E-state index contributed by atoms with van der Waals surface area (Å²) in [7, 11) is 0. The molecule has 0 aliphatic carbocycles. The van der Waals surface area contributed by atoms with Crippen LogP contribution in [0.5, 0.6) is 0 Å². The second kappa shape index (κ2) is 6.44. The van der Waals surface area contributed by atoms with Gasteiger partial charge in [-0.2, -0.15) is 0 Å². The number of aryl methyl sites for hydroxylation is 2. The lowest BCUT2D eigenvalue weighted by atomic mass is 9.99. The summed E-state index contributed by atoms with van der Waals surface area (Å²) in [4.78, 5) is 14.8. The molecule has 0 N–H and O–H groups in total. The topological polar surface area (TPSA) is 51.0 Å². The third-order valence-electron chi connectivity index (χ3n) is 4.41. The first kappa shape index (κ1) is 16.0. The van der Waals surface area contributed by atoms with Gasteiger partial charge in [-0.1, -0.05) is 35.0 Å². The molecule has 126 valence electrons. The number of hydrogen-bond donors (Lipinski definition) is 0. The van der Waals surface area contributed by atoms with Crippen molar-refractivity contribution in [3.05, 3.63) is 70.0 Å². The van der Waals surface area contributed by atoms with Gasteiger partial charge in [0, 0.05) is 16.7 Å². The molecule has 0 fully saturated rings. The Morgan fingerprint density at radius 3 is 2.84 bits per heavy atom. The summed E-state index contributed by atoms with van der Waals surface area (Å²) in [5.74, 6) is -0.108. The fraction of sp³-hybridized carbons (Fsp3) is 0.211. The maximum Gasteiger partial charge on any atom is 0.280 e. The van der Waals surface area contributed by atoms with Gasteiger partial charge in [-0.05, 0) is 59.5 Å². The Balaban J connectivity index is 1.66. The summed E-state index contributed by atoms with van der Waals surface area (Å²) < 4.78 is 2.52. The Labute approximate surface area is 154 Å². The minimum Gasteiger partial charge on any atom is -0.307 e. The van der Waals surface area contributed by atoms with E-state index in [0.29, 0.717) is 12.2 Å². The molecular formula is C19H17BrN4O. The number of rotatable bonds is 2. The van der Waals surface area contributed by atoms with Crippen LogP contribution in [0, 0.1) is 6.92 Å². The number of fused-ring (bicyclic) bond motifs is 1. The summed E-state index contributed by atoms with van der Waals surface area (Å²) in [5.41, 5.74) is 4.62. The number of hydrogen-bond acceptors (Lipinski definition) is 3. The van der Waals surface area contributed by atoms with Gasteiger partial charge in [-0.3, -0.25) is 4.79 Å². The number of carbonyl (C=O) groups is 1. The monoisotopic (exact) mass is 396 g/mol. The van der Waals surface area contributed by atoms with Gasteiger partial charge in [0.25, 0.3) is 5.91 Å². The molecule has 0 saturated heterocycles. The zero-order chi connectivity index (χ0) is 17.4. The van der Waals surface area contributed by atoms with Gasteiger partial charge in [-0.15, -0.1) is 5.10 Å². The van der Waals surface area contributed by atoms with Crippen LogP contribution in [0.3, 0.4) is 0 Å². The van der Waals surface area contributed by atoms with E-state index < -0.39 is 0 Å². The lowest BCUT2D eigenvalue weighted by Crippen LogP contribution is -2.35. The molecule has 0 bridgehead atoms.